The highest BCUT2D eigenvalue weighted by Gasteiger charge is 2.15. The van der Waals surface area contributed by atoms with Crippen LogP contribution in [0.25, 0.3) is 5.57 Å². The summed E-state index contributed by atoms with van der Waals surface area (Å²) in [5.74, 6) is 0. The van der Waals surface area contributed by atoms with E-state index in [0.29, 0.717) is 5.02 Å². The van der Waals surface area contributed by atoms with E-state index in [2.05, 4.69) is 4.90 Å². The minimum absolute atomic E-state index is 0.662. The molecule has 0 radical (unpaired) electrons. The summed E-state index contributed by atoms with van der Waals surface area (Å²) >= 11 is 6.08. The molecule has 1 N–H and O–H groups in total. The second-order valence-corrected chi connectivity index (χ2v) is 5.68. The Morgan fingerprint density at radius 1 is 1.14 bits per heavy atom. The second kappa shape index (κ2) is 7.41. The van der Waals surface area contributed by atoms with E-state index in [9.17, 15) is 5.11 Å². The Hall–Kier alpha value is -1.61. The molecular formula is C18H20ClNO. The number of hydrogen-bond donors (Lipinski definition) is 1. The Balaban J connectivity index is 2.39. The fourth-order valence-electron chi connectivity index (χ4n) is 2.15. The molecule has 1 unspecified atom stereocenters. The number of rotatable bonds is 5. The molecule has 1 atom stereocenters. The predicted molar refractivity (Wildman–Crippen MR) is 89.4 cm³/mol. The first-order valence-corrected chi connectivity index (χ1v) is 7.29. The molecule has 0 amide bonds. The molecule has 0 saturated carbocycles. The Labute approximate surface area is 131 Å². The number of halogens is 1. The van der Waals surface area contributed by atoms with Crippen molar-refractivity contribution in [3.63, 3.8) is 0 Å². The van der Waals surface area contributed by atoms with Crippen LogP contribution in [0.1, 0.15) is 17.2 Å². The predicted octanol–water partition coefficient (Wildman–Crippen LogP) is 4.02. The average Bonchev–Trinajstić information content (AvgIpc) is 2.48. The molecule has 0 heterocycles. The Morgan fingerprint density at radius 3 is 2.48 bits per heavy atom. The van der Waals surface area contributed by atoms with Gasteiger partial charge in [0.1, 0.15) is 6.10 Å². The summed E-state index contributed by atoms with van der Waals surface area (Å²) in [6, 6.07) is 17.3. The third kappa shape index (κ3) is 4.43. The van der Waals surface area contributed by atoms with Gasteiger partial charge in [0.15, 0.2) is 0 Å². The number of aliphatic hydroxyl groups excluding tert-OH is 1. The third-order valence-electron chi connectivity index (χ3n) is 3.24. The zero-order chi connectivity index (χ0) is 15.2. The maximum absolute atomic E-state index is 10.7. The third-order valence-corrected chi connectivity index (χ3v) is 3.48. The van der Waals surface area contributed by atoms with Crippen molar-refractivity contribution < 1.29 is 5.11 Å². The smallest absolute Gasteiger partial charge is 0.104 e. The van der Waals surface area contributed by atoms with Crippen LogP contribution >= 0.6 is 11.6 Å². The standard InChI is InChI=1S/C18H20ClNO/c1-20(2)12-11-17(15-9-6-10-16(19)13-15)18(21)14-7-4-3-5-8-14/h3-11,13,18,21H,12H2,1-2H3. The average molecular weight is 302 g/mol. The van der Waals surface area contributed by atoms with E-state index < -0.39 is 6.10 Å². The molecule has 0 spiro atoms. The SMILES string of the molecule is CN(C)CC=C(c1cccc(Cl)c1)C(O)c1ccccc1. The number of aliphatic hydroxyl groups is 1. The maximum atomic E-state index is 10.7. The largest absolute Gasteiger partial charge is 0.384 e. The first kappa shape index (κ1) is 15.8. The molecule has 2 aromatic carbocycles. The number of likely N-dealkylation sites (N-methyl/N-ethyl adjacent to an activating group) is 1. The Morgan fingerprint density at radius 2 is 1.86 bits per heavy atom. The van der Waals surface area contributed by atoms with Gasteiger partial charge in [0.2, 0.25) is 0 Å². The van der Waals surface area contributed by atoms with E-state index in [1.165, 1.54) is 0 Å². The topological polar surface area (TPSA) is 23.5 Å². The molecular weight excluding hydrogens is 282 g/mol. The monoisotopic (exact) mass is 301 g/mol. The summed E-state index contributed by atoms with van der Waals surface area (Å²) in [4.78, 5) is 2.06. The molecule has 0 aromatic heterocycles. The fraction of sp³-hybridized carbons (Fsp3) is 0.222. The summed E-state index contributed by atoms with van der Waals surface area (Å²) < 4.78 is 0. The van der Waals surface area contributed by atoms with E-state index in [1.807, 2.05) is 74.8 Å². The van der Waals surface area contributed by atoms with Gasteiger partial charge in [-0.1, -0.05) is 60.1 Å². The lowest BCUT2D eigenvalue weighted by Gasteiger charge is -2.18. The van der Waals surface area contributed by atoms with Crippen molar-refractivity contribution in [2.24, 2.45) is 0 Å². The van der Waals surface area contributed by atoms with Crippen LogP contribution in [0.4, 0.5) is 0 Å². The summed E-state index contributed by atoms with van der Waals surface area (Å²) in [5, 5.41) is 11.4. The molecule has 0 saturated heterocycles. The Bertz CT molecular complexity index is 608. The van der Waals surface area contributed by atoms with Crippen molar-refractivity contribution >= 4 is 17.2 Å². The van der Waals surface area contributed by atoms with Crippen molar-refractivity contribution in [1.82, 2.24) is 4.90 Å². The first-order chi connectivity index (χ1) is 10.1. The van der Waals surface area contributed by atoms with Crippen molar-refractivity contribution in [3.05, 3.63) is 76.8 Å². The van der Waals surface area contributed by atoms with Crippen LogP contribution in [-0.2, 0) is 0 Å². The summed E-state index contributed by atoms with van der Waals surface area (Å²) in [6.07, 6.45) is 1.38. The quantitative estimate of drug-likeness (QED) is 0.901. The number of benzene rings is 2. The molecule has 0 bridgehead atoms. The highest BCUT2D eigenvalue weighted by molar-refractivity contribution is 6.30. The summed E-state index contributed by atoms with van der Waals surface area (Å²) in [7, 11) is 4.00. The molecule has 0 fully saturated rings. The van der Waals surface area contributed by atoms with E-state index in [1.54, 1.807) is 0 Å². The molecule has 0 aliphatic carbocycles. The summed E-state index contributed by atoms with van der Waals surface area (Å²) in [6.45, 7) is 0.756. The van der Waals surface area contributed by atoms with Crippen molar-refractivity contribution in [2.45, 2.75) is 6.10 Å². The molecule has 110 valence electrons. The second-order valence-electron chi connectivity index (χ2n) is 5.25. The summed E-state index contributed by atoms with van der Waals surface area (Å²) in [5.41, 5.74) is 2.69. The van der Waals surface area contributed by atoms with Crippen LogP contribution in [0.3, 0.4) is 0 Å². The van der Waals surface area contributed by atoms with Crippen LogP contribution in [0.15, 0.2) is 60.7 Å². The van der Waals surface area contributed by atoms with Gasteiger partial charge in [-0.15, -0.1) is 0 Å². The zero-order valence-electron chi connectivity index (χ0n) is 12.3. The normalized spacial score (nSPS) is 13.5. The van der Waals surface area contributed by atoms with Gasteiger partial charge in [0.25, 0.3) is 0 Å². The molecule has 0 aliphatic heterocycles. The molecule has 2 nitrogen and oxygen atoms in total. The zero-order valence-corrected chi connectivity index (χ0v) is 13.1. The van der Waals surface area contributed by atoms with Crippen LogP contribution in [0, 0.1) is 0 Å². The van der Waals surface area contributed by atoms with Crippen LogP contribution in [-0.4, -0.2) is 30.6 Å². The lowest BCUT2D eigenvalue weighted by Crippen LogP contribution is -2.12. The van der Waals surface area contributed by atoms with Crippen molar-refractivity contribution in [3.8, 4) is 0 Å². The van der Waals surface area contributed by atoms with Crippen LogP contribution in [0.2, 0.25) is 5.02 Å². The molecule has 2 rings (SSSR count). The van der Waals surface area contributed by atoms with Crippen molar-refractivity contribution in [1.29, 1.82) is 0 Å². The van der Waals surface area contributed by atoms with E-state index in [4.69, 9.17) is 11.6 Å². The Kier molecular flexibility index (Phi) is 5.57. The number of nitrogens with zero attached hydrogens (tertiary/aromatic N) is 1. The van der Waals surface area contributed by atoms with Crippen LogP contribution < -0.4 is 0 Å². The number of hydrogen-bond acceptors (Lipinski definition) is 2. The highest BCUT2D eigenvalue weighted by atomic mass is 35.5. The highest BCUT2D eigenvalue weighted by Crippen LogP contribution is 2.31. The van der Waals surface area contributed by atoms with Gasteiger partial charge in [0.05, 0.1) is 0 Å². The lowest BCUT2D eigenvalue weighted by atomic mass is 9.95. The van der Waals surface area contributed by atoms with Gasteiger partial charge in [-0.3, -0.25) is 0 Å². The minimum Gasteiger partial charge on any atom is -0.384 e. The first-order valence-electron chi connectivity index (χ1n) is 6.91. The van der Waals surface area contributed by atoms with Gasteiger partial charge in [-0.25, -0.2) is 0 Å². The van der Waals surface area contributed by atoms with E-state index in [0.717, 1.165) is 23.2 Å². The van der Waals surface area contributed by atoms with E-state index >= 15 is 0 Å². The van der Waals surface area contributed by atoms with Crippen molar-refractivity contribution in [2.75, 3.05) is 20.6 Å². The van der Waals surface area contributed by atoms with Gasteiger partial charge in [-0.05, 0) is 42.9 Å². The fourth-order valence-corrected chi connectivity index (χ4v) is 2.34. The molecule has 21 heavy (non-hydrogen) atoms. The minimum atomic E-state index is -0.662. The maximum Gasteiger partial charge on any atom is 0.104 e. The van der Waals surface area contributed by atoms with Gasteiger partial charge in [-0.2, -0.15) is 0 Å². The molecule has 0 aliphatic rings. The molecule has 3 heteroatoms. The van der Waals surface area contributed by atoms with Gasteiger partial charge in [0, 0.05) is 11.6 Å². The van der Waals surface area contributed by atoms with E-state index in [-0.39, 0.29) is 0 Å². The lowest BCUT2D eigenvalue weighted by molar-refractivity contribution is 0.237. The molecule has 2 aromatic rings. The van der Waals surface area contributed by atoms with Gasteiger partial charge >= 0.3 is 0 Å². The van der Waals surface area contributed by atoms with Gasteiger partial charge < -0.3 is 10.0 Å². The van der Waals surface area contributed by atoms with Crippen LogP contribution in [0.5, 0.6) is 0 Å².